The van der Waals surface area contributed by atoms with Gasteiger partial charge >= 0.3 is 5.97 Å². The lowest BCUT2D eigenvalue weighted by molar-refractivity contribution is 0.0694. The summed E-state index contributed by atoms with van der Waals surface area (Å²) in [6, 6.07) is 1.44. The second kappa shape index (κ2) is 4.48. The maximum absolute atomic E-state index is 12.4. The number of aromatic nitrogens is 1. The minimum atomic E-state index is -2.96. The van der Waals surface area contributed by atoms with Gasteiger partial charge in [0, 0.05) is 9.77 Å². The van der Waals surface area contributed by atoms with E-state index < -0.39 is 29.2 Å². The highest BCUT2D eigenvalue weighted by Gasteiger charge is 2.23. The van der Waals surface area contributed by atoms with E-state index in [0.29, 0.717) is 0 Å². The van der Waals surface area contributed by atoms with Crippen molar-refractivity contribution in [2.45, 2.75) is 6.43 Å². The monoisotopic (exact) mass is 324 g/mol. The Kier molecular flexibility index (Phi) is 3.52. The molecule has 4 nitrogen and oxygen atoms in total. The molecule has 0 atom stereocenters. The smallest absolute Gasteiger partial charge is 0.338 e. The zero-order valence-electron chi connectivity index (χ0n) is 7.04. The minimum absolute atomic E-state index is 0.154. The fourth-order valence-electron chi connectivity index (χ4n) is 0.991. The third-order valence-corrected chi connectivity index (χ3v) is 2.41. The van der Waals surface area contributed by atoms with Crippen LogP contribution in [0.25, 0.3) is 0 Å². The Balaban J connectivity index is 3.56. The van der Waals surface area contributed by atoms with Gasteiger partial charge in [-0.15, -0.1) is 0 Å². The van der Waals surface area contributed by atoms with Crippen LogP contribution in [-0.4, -0.2) is 16.1 Å². The molecular weight excluding hydrogens is 321 g/mol. The van der Waals surface area contributed by atoms with Crippen molar-refractivity contribution in [3.63, 3.8) is 0 Å². The topological polar surface area (TPSA) is 74.0 Å². The molecule has 0 fully saturated rings. The molecule has 0 aliphatic carbocycles. The predicted molar refractivity (Wildman–Crippen MR) is 53.6 cm³/mol. The highest BCUT2D eigenvalue weighted by molar-refractivity contribution is 14.1. The van der Waals surface area contributed by atoms with E-state index in [9.17, 15) is 13.6 Å². The lowest BCUT2D eigenvalue weighted by Gasteiger charge is -2.06. The Bertz CT molecular complexity index is 457. The first kappa shape index (κ1) is 11.8. The Hall–Kier alpha value is -1.30. The quantitative estimate of drug-likeness (QED) is 0.847. The number of nitriles is 1. The fourth-order valence-corrected chi connectivity index (χ4v) is 1.63. The third-order valence-electron chi connectivity index (χ3n) is 1.59. The molecule has 0 spiro atoms. The van der Waals surface area contributed by atoms with E-state index in [1.807, 2.05) is 0 Å². The van der Waals surface area contributed by atoms with Gasteiger partial charge in [-0.3, -0.25) is 4.98 Å². The lowest BCUT2D eigenvalue weighted by Crippen LogP contribution is -2.08. The highest BCUT2D eigenvalue weighted by Crippen LogP contribution is 2.25. The van der Waals surface area contributed by atoms with Gasteiger partial charge in [-0.25, -0.2) is 13.6 Å². The molecule has 1 heterocycles. The van der Waals surface area contributed by atoms with Crippen molar-refractivity contribution in [1.82, 2.24) is 4.98 Å². The number of alkyl halides is 2. The van der Waals surface area contributed by atoms with Crippen LogP contribution in [0.4, 0.5) is 8.78 Å². The molecule has 0 radical (unpaired) electrons. The molecule has 0 saturated heterocycles. The van der Waals surface area contributed by atoms with E-state index in [1.165, 1.54) is 6.07 Å². The van der Waals surface area contributed by atoms with Crippen LogP contribution in [0.2, 0.25) is 0 Å². The van der Waals surface area contributed by atoms with Crippen molar-refractivity contribution in [2.75, 3.05) is 0 Å². The molecule has 0 saturated carbocycles. The normalized spacial score (nSPS) is 10.1. The van der Waals surface area contributed by atoms with Crippen molar-refractivity contribution in [1.29, 1.82) is 5.26 Å². The Labute approximate surface area is 96.7 Å². The number of carbonyl (C=O) groups is 1. The summed E-state index contributed by atoms with van der Waals surface area (Å²) in [5, 5.41) is 17.4. The van der Waals surface area contributed by atoms with Crippen molar-refractivity contribution in [3.05, 3.63) is 26.6 Å². The minimum Gasteiger partial charge on any atom is -0.478 e. The molecule has 1 aromatic rings. The van der Waals surface area contributed by atoms with E-state index >= 15 is 0 Å². The van der Waals surface area contributed by atoms with Gasteiger partial charge in [0.2, 0.25) is 0 Å². The van der Waals surface area contributed by atoms with Crippen molar-refractivity contribution >= 4 is 28.6 Å². The van der Waals surface area contributed by atoms with Crippen LogP contribution in [0.15, 0.2) is 6.20 Å². The Morgan fingerprint density at radius 1 is 1.67 bits per heavy atom. The number of aromatic carboxylic acids is 1. The number of nitrogens with zero attached hydrogens (tertiary/aromatic N) is 2. The van der Waals surface area contributed by atoms with Gasteiger partial charge in [-0.1, -0.05) is 0 Å². The van der Waals surface area contributed by atoms with E-state index in [-0.39, 0.29) is 3.57 Å². The van der Waals surface area contributed by atoms with Gasteiger partial charge in [-0.2, -0.15) is 5.26 Å². The summed E-state index contributed by atoms with van der Waals surface area (Å²) in [4.78, 5) is 14.1. The van der Waals surface area contributed by atoms with Crippen LogP contribution in [0.5, 0.6) is 0 Å². The van der Waals surface area contributed by atoms with Gasteiger partial charge < -0.3 is 5.11 Å². The molecular formula is C8H3F2IN2O2. The lowest BCUT2D eigenvalue weighted by atomic mass is 10.1. The number of carboxylic acid groups (broad SMARTS) is 1. The number of hydrogen-bond acceptors (Lipinski definition) is 3. The average molecular weight is 324 g/mol. The number of carboxylic acids is 1. The SMILES string of the molecule is N#Cc1c(C(F)F)ncc(I)c1C(=O)O. The first-order chi connectivity index (χ1) is 6.99. The molecule has 0 aromatic carbocycles. The summed E-state index contributed by atoms with van der Waals surface area (Å²) in [6.45, 7) is 0. The van der Waals surface area contributed by atoms with E-state index in [4.69, 9.17) is 10.4 Å². The van der Waals surface area contributed by atoms with Crippen LogP contribution >= 0.6 is 22.6 Å². The first-order valence-corrected chi connectivity index (χ1v) is 4.66. The van der Waals surface area contributed by atoms with Crippen LogP contribution in [0.1, 0.15) is 28.0 Å². The van der Waals surface area contributed by atoms with E-state index in [0.717, 1.165) is 6.20 Å². The molecule has 15 heavy (non-hydrogen) atoms. The standard InChI is InChI=1S/C8H3F2IN2O2/c9-7(10)6-3(1-12)5(8(14)15)4(11)2-13-6/h2,7H,(H,14,15). The summed E-state index contributed by atoms with van der Waals surface area (Å²) in [6.07, 6.45) is -1.96. The van der Waals surface area contributed by atoms with Crippen molar-refractivity contribution in [2.24, 2.45) is 0 Å². The van der Waals surface area contributed by atoms with Crippen LogP contribution in [0.3, 0.4) is 0 Å². The highest BCUT2D eigenvalue weighted by atomic mass is 127. The molecule has 78 valence electrons. The second-order valence-corrected chi connectivity index (χ2v) is 3.62. The van der Waals surface area contributed by atoms with Gasteiger partial charge in [-0.05, 0) is 22.6 Å². The van der Waals surface area contributed by atoms with Crippen LogP contribution in [0, 0.1) is 14.9 Å². The first-order valence-electron chi connectivity index (χ1n) is 3.59. The molecule has 0 unspecified atom stereocenters. The van der Waals surface area contributed by atoms with Crippen LogP contribution < -0.4 is 0 Å². The summed E-state index contributed by atoms with van der Waals surface area (Å²) >= 11 is 1.63. The summed E-state index contributed by atoms with van der Waals surface area (Å²) in [7, 11) is 0. The maximum Gasteiger partial charge on any atom is 0.338 e. The fraction of sp³-hybridized carbons (Fsp3) is 0.125. The summed E-state index contributed by atoms with van der Waals surface area (Å²) < 4.78 is 24.9. The molecule has 1 aromatic heterocycles. The van der Waals surface area contributed by atoms with Gasteiger partial charge in [0.25, 0.3) is 6.43 Å². The van der Waals surface area contributed by atoms with Gasteiger partial charge in [0.1, 0.15) is 11.8 Å². The second-order valence-electron chi connectivity index (χ2n) is 2.46. The molecule has 7 heteroatoms. The van der Waals surface area contributed by atoms with Gasteiger partial charge in [0.05, 0.1) is 11.1 Å². The molecule has 0 aliphatic rings. The van der Waals surface area contributed by atoms with E-state index in [2.05, 4.69) is 4.98 Å². The largest absolute Gasteiger partial charge is 0.478 e. The Morgan fingerprint density at radius 3 is 2.67 bits per heavy atom. The number of halogens is 3. The summed E-state index contributed by atoms with van der Waals surface area (Å²) in [5.41, 5.74) is -1.80. The van der Waals surface area contributed by atoms with Gasteiger partial charge in [0.15, 0.2) is 0 Å². The zero-order valence-corrected chi connectivity index (χ0v) is 9.20. The van der Waals surface area contributed by atoms with Crippen molar-refractivity contribution in [3.8, 4) is 6.07 Å². The van der Waals surface area contributed by atoms with Crippen molar-refractivity contribution < 1.29 is 18.7 Å². The average Bonchev–Trinajstić information content (AvgIpc) is 2.15. The Morgan fingerprint density at radius 2 is 2.27 bits per heavy atom. The summed E-state index contributed by atoms with van der Waals surface area (Å²) in [5.74, 6) is -1.42. The number of pyridine rings is 1. The van der Waals surface area contributed by atoms with Crippen LogP contribution in [-0.2, 0) is 0 Å². The molecule has 0 amide bonds. The van der Waals surface area contributed by atoms with E-state index in [1.54, 1.807) is 22.6 Å². The zero-order chi connectivity index (χ0) is 11.6. The molecule has 1 rings (SSSR count). The predicted octanol–water partition coefficient (Wildman–Crippen LogP) is 2.19. The number of rotatable bonds is 2. The maximum atomic E-state index is 12.4. The molecule has 0 bridgehead atoms. The molecule has 1 N–H and O–H groups in total. The molecule has 0 aliphatic heterocycles. The third kappa shape index (κ3) is 2.20. The number of hydrogen-bond donors (Lipinski definition) is 1.